The van der Waals surface area contributed by atoms with Crippen LogP contribution in [0.25, 0.3) is 0 Å². The molecule has 1 unspecified atom stereocenters. The molecular weight excluding hydrogens is 234 g/mol. The highest BCUT2D eigenvalue weighted by Gasteiger charge is 2.05. The third-order valence-corrected chi connectivity index (χ3v) is 3.09. The Morgan fingerprint density at radius 2 is 2.24 bits per heavy atom. The molecule has 0 fully saturated rings. The molecule has 1 N–H and O–H groups in total. The van der Waals surface area contributed by atoms with E-state index in [2.05, 4.69) is 28.5 Å². The SMILES string of the molecule is CCOc1cc(C)nc(NCC(C)CSC)n1. The second-order valence-corrected chi connectivity index (χ2v) is 4.96. The Kier molecular flexibility index (Phi) is 6.11. The van der Waals surface area contributed by atoms with Gasteiger partial charge >= 0.3 is 0 Å². The van der Waals surface area contributed by atoms with Gasteiger partial charge in [-0.1, -0.05) is 6.92 Å². The number of aromatic nitrogens is 2. The normalized spacial score (nSPS) is 12.2. The molecule has 1 rings (SSSR count). The van der Waals surface area contributed by atoms with Gasteiger partial charge in [-0.3, -0.25) is 0 Å². The van der Waals surface area contributed by atoms with E-state index in [1.807, 2.05) is 31.7 Å². The Hall–Kier alpha value is -0.970. The Morgan fingerprint density at radius 1 is 1.47 bits per heavy atom. The van der Waals surface area contributed by atoms with Gasteiger partial charge in [-0.15, -0.1) is 0 Å². The lowest BCUT2D eigenvalue weighted by molar-refractivity contribution is 0.326. The molecule has 0 bridgehead atoms. The Labute approximate surface area is 108 Å². The van der Waals surface area contributed by atoms with E-state index in [-0.39, 0.29) is 0 Å². The molecular formula is C12H21N3OS. The van der Waals surface area contributed by atoms with E-state index in [1.54, 1.807) is 0 Å². The van der Waals surface area contributed by atoms with E-state index in [0.29, 0.717) is 24.4 Å². The average Bonchev–Trinajstić information content (AvgIpc) is 2.26. The van der Waals surface area contributed by atoms with Gasteiger partial charge in [-0.25, -0.2) is 4.98 Å². The lowest BCUT2D eigenvalue weighted by Crippen LogP contribution is -2.15. The van der Waals surface area contributed by atoms with E-state index in [4.69, 9.17) is 4.74 Å². The molecule has 4 nitrogen and oxygen atoms in total. The second-order valence-electron chi connectivity index (χ2n) is 4.05. The molecule has 17 heavy (non-hydrogen) atoms. The molecule has 5 heteroatoms. The Balaban J connectivity index is 2.57. The number of rotatable bonds is 7. The second kappa shape index (κ2) is 7.37. The van der Waals surface area contributed by atoms with Crippen LogP contribution in [0.3, 0.4) is 0 Å². The molecule has 96 valence electrons. The first kappa shape index (κ1) is 14.1. The summed E-state index contributed by atoms with van der Waals surface area (Å²) < 4.78 is 5.39. The van der Waals surface area contributed by atoms with Crippen LogP contribution in [0.4, 0.5) is 5.95 Å². The number of nitrogens with zero attached hydrogens (tertiary/aromatic N) is 2. The van der Waals surface area contributed by atoms with Crippen molar-refractivity contribution in [3.8, 4) is 5.88 Å². The summed E-state index contributed by atoms with van der Waals surface area (Å²) in [6.07, 6.45) is 2.12. The zero-order valence-corrected chi connectivity index (χ0v) is 11.8. The van der Waals surface area contributed by atoms with Crippen molar-refractivity contribution in [2.45, 2.75) is 20.8 Å². The van der Waals surface area contributed by atoms with Crippen molar-refractivity contribution >= 4 is 17.7 Å². The van der Waals surface area contributed by atoms with Crippen molar-refractivity contribution in [3.05, 3.63) is 11.8 Å². The number of thioether (sulfide) groups is 1. The lowest BCUT2D eigenvalue weighted by atomic mass is 10.2. The predicted octanol–water partition coefficient (Wildman–Crippen LogP) is 2.59. The number of hydrogen-bond acceptors (Lipinski definition) is 5. The van der Waals surface area contributed by atoms with Gasteiger partial charge in [0.2, 0.25) is 11.8 Å². The van der Waals surface area contributed by atoms with Crippen LogP contribution in [0.1, 0.15) is 19.5 Å². The van der Waals surface area contributed by atoms with Gasteiger partial charge in [0.25, 0.3) is 0 Å². The molecule has 0 aliphatic heterocycles. The standard InChI is InChI=1S/C12H21N3OS/c1-5-16-11-6-10(3)14-12(15-11)13-7-9(2)8-17-4/h6,9H,5,7-8H2,1-4H3,(H,13,14,15). The summed E-state index contributed by atoms with van der Waals surface area (Å²) in [7, 11) is 0. The van der Waals surface area contributed by atoms with E-state index < -0.39 is 0 Å². The summed E-state index contributed by atoms with van der Waals surface area (Å²) in [5.74, 6) is 3.03. The van der Waals surface area contributed by atoms with Gasteiger partial charge in [-0.2, -0.15) is 16.7 Å². The number of hydrogen-bond donors (Lipinski definition) is 1. The third-order valence-electron chi connectivity index (χ3n) is 2.18. The topological polar surface area (TPSA) is 47.0 Å². The van der Waals surface area contributed by atoms with Crippen LogP contribution in [0.15, 0.2) is 6.07 Å². The zero-order valence-electron chi connectivity index (χ0n) is 11.0. The van der Waals surface area contributed by atoms with E-state index in [0.717, 1.165) is 18.0 Å². The van der Waals surface area contributed by atoms with Crippen molar-refractivity contribution < 1.29 is 4.74 Å². The molecule has 0 radical (unpaired) electrons. The van der Waals surface area contributed by atoms with E-state index in [1.165, 1.54) is 0 Å². The maximum atomic E-state index is 5.39. The van der Waals surface area contributed by atoms with E-state index in [9.17, 15) is 0 Å². The Morgan fingerprint density at radius 3 is 2.88 bits per heavy atom. The molecule has 0 aliphatic carbocycles. The first-order valence-corrected chi connectivity index (χ1v) is 7.26. The number of ether oxygens (including phenoxy) is 1. The van der Waals surface area contributed by atoms with Gasteiger partial charge in [0.15, 0.2) is 0 Å². The first-order valence-electron chi connectivity index (χ1n) is 5.87. The van der Waals surface area contributed by atoms with Gasteiger partial charge in [0, 0.05) is 18.3 Å². The number of anilines is 1. The van der Waals surface area contributed by atoms with Crippen LogP contribution in [-0.2, 0) is 0 Å². The van der Waals surface area contributed by atoms with Crippen molar-refractivity contribution in [2.24, 2.45) is 5.92 Å². The highest BCUT2D eigenvalue weighted by Crippen LogP contribution is 2.12. The fourth-order valence-corrected chi connectivity index (χ4v) is 2.14. The molecule has 1 atom stereocenters. The molecule has 0 aromatic carbocycles. The molecule has 0 spiro atoms. The van der Waals surface area contributed by atoms with Gasteiger partial charge in [0.1, 0.15) is 0 Å². The summed E-state index contributed by atoms with van der Waals surface area (Å²) in [6, 6.07) is 1.85. The Bertz CT molecular complexity index is 347. The zero-order chi connectivity index (χ0) is 12.7. The van der Waals surface area contributed by atoms with Crippen LogP contribution in [-0.4, -0.2) is 35.1 Å². The van der Waals surface area contributed by atoms with Crippen molar-refractivity contribution in [2.75, 3.05) is 30.5 Å². The van der Waals surface area contributed by atoms with Crippen LogP contribution < -0.4 is 10.1 Å². The van der Waals surface area contributed by atoms with Crippen LogP contribution in [0.2, 0.25) is 0 Å². The minimum atomic E-state index is 0.602. The fourth-order valence-electron chi connectivity index (χ4n) is 1.45. The van der Waals surface area contributed by atoms with Crippen LogP contribution in [0.5, 0.6) is 5.88 Å². The highest BCUT2D eigenvalue weighted by molar-refractivity contribution is 7.98. The smallest absolute Gasteiger partial charge is 0.226 e. The van der Waals surface area contributed by atoms with Crippen molar-refractivity contribution in [3.63, 3.8) is 0 Å². The summed E-state index contributed by atoms with van der Waals surface area (Å²) in [6.45, 7) is 7.61. The molecule has 0 saturated heterocycles. The summed E-state index contributed by atoms with van der Waals surface area (Å²) in [5, 5.41) is 3.25. The minimum absolute atomic E-state index is 0.602. The molecule has 0 aliphatic rings. The first-order chi connectivity index (χ1) is 8.15. The number of nitrogens with one attached hydrogen (secondary N) is 1. The lowest BCUT2D eigenvalue weighted by Gasteiger charge is -2.12. The minimum Gasteiger partial charge on any atom is -0.478 e. The van der Waals surface area contributed by atoms with Crippen molar-refractivity contribution in [1.29, 1.82) is 0 Å². The molecule has 1 heterocycles. The summed E-state index contributed by atoms with van der Waals surface area (Å²) >= 11 is 1.85. The van der Waals surface area contributed by atoms with Gasteiger partial charge in [-0.05, 0) is 31.8 Å². The quantitative estimate of drug-likeness (QED) is 0.811. The molecule has 0 saturated carbocycles. The van der Waals surface area contributed by atoms with Crippen molar-refractivity contribution in [1.82, 2.24) is 9.97 Å². The van der Waals surface area contributed by atoms with Crippen LogP contribution >= 0.6 is 11.8 Å². The monoisotopic (exact) mass is 255 g/mol. The predicted molar refractivity (Wildman–Crippen MR) is 74.0 cm³/mol. The molecule has 0 amide bonds. The fraction of sp³-hybridized carbons (Fsp3) is 0.667. The highest BCUT2D eigenvalue weighted by atomic mass is 32.2. The van der Waals surface area contributed by atoms with E-state index >= 15 is 0 Å². The maximum Gasteiger partial charge on any atom is 0.226 e. The van der Waals surface area contributed by atoms with Gasteiger partial charge in [0.05, 0.1) is 6.61 Å². The van der Waals surface area contributed by atoms with Gasteiger partial charge < -0.3 is 10.1 Å². The third kappa shape index (κ3) is 5.26. The summed E-state index contributed by atoms with van der Waals surface area (Å²) in [5.41, 5.74) is 0.920. The largest absolute Gasteiger partial charge is 0.478 e. The maximum absolute atomic E-state index is 5.39. The number of aryl methyl sites for hydroxylation is 1. The molecule has 1 aromatic heterocycles. The van der Waals surface area contributed by atoms with Crippen LogP contribution in [0, 0.1) is 12.8 Å². The molecule has 1 aromatic rings. The summed E-state index contributed by atoms with van der Waals surface area (Å²) in [4.78, 5) is 8.64. The average molecular weight is 255 g/mol.